The molecule has 0 aromatic heterocycles. The van der Waals surface area contributed by atoms with Gasteiger partial charge < -0.3 is 0 Å². The minimum absolute atomic E-state index is 0.203. The van der Waals surface area contributed by atoms with Crippen molar-refractivity contribution in [3.8, 4) is 0 Å². The van der Waals surface area contributed by atoms with Gasteiger partial charge in [0.1, 0.15) is 0 Å². The normalized spacial score (nSPS) is 26.7. The van der Waals surface area contributed by atoms with Gasteiger partial charge in [-0.1, -0.05) is 36.4 Å². The van der Waals surface area contributed by atoms with Gasteiger partial charge in [-0.25, -0.2) is 0 Å². The van der Waals surface area contributed by atoms with Crippen molar-refractivity contribution in [2.75, 3.05) is 0 Å². The van der Waals surface area contributed by atoms with Crippen molar-refractivity contribution in [1.82, 2.24) is 0 Å². The molecule has 0 atom stereocenters. The summed E-state index contributed by atoms with van der Waals surface area (Å²) in [6, 6.07) is 16.6. The average Bonchev–Trinajstić information content (AvgIpc) is 2.82. The summed E-state index contributed by atoms with van der Waals surface area (Å²) in [7, 11) is -7.43. The van der Waals surface area contributed by atoms with E-state index >= 15 is 0 Å². The zero-order valence-corrected chi connectivity index (χ0v) is 20.9. The highest BCUT2D eigenvalue weighted by Gasteiger charge is 2.31. The number of hydrogen-bond donors (Lipinski definition) is 0. The summed E-state index contributed by atoms with van der Waals surface area (Å²) in [6.07, 6.45) is 6.12. The largest absolute Gasteiger partial charge is 0.297 e. The van der Waals surface area contributed by atoms with Crippen LogP contribution in [0.5, 0.6) is 0 Å². The zero-order valence-electron chi connectivity index (χ0n) is 18.4. The molecule has 2 aliphatic carbocycles. The van der Waals surface area contributed by atoms with E-state index in [1.165, 1.54) is 0 Å². The van der Waals surface area contributed by atoms with Crippen LogP contribution in [0.25, 0.3) is 0 Å². The highest BCUT2D eigenvalue weighted by Crippen LogP contribution is 2.39. The molecular formula is C24H30O6S3. The van der Waals surface area contributed by atoms with Crippen LogP contribution in [0, 0.1) is 0 Å². The molecule has 0 radical (unpaired) electrons. The van der Waals surface area contributed by atoms with Crippen molar-refractivity contribution in [1.29, 1.82) is 0 Å². The molecule has 180 valence electrons. The predicted molar refractivity (Wildman–Crippen MR) is 129 cm³/mol. The average molecular weight is 511 g/mol. The maximum Gasteiger partial charge on any atom is 0.297 e. The Bertz CT molecular complexity index is 998. The molecule has 2 aliphatic rings. The van der Waals surface area contributed by atoms with Gasteiger partial charge in [-0.2, -0.15) is 28.6 Å². The van der Waals surface area contributed by atoms with Gasteiger partial charge in [0.15, 0.2) is 0 Å². The van der Waals surface area contributed by atoms with Crippen molar-refractivity contribution in [2.45, 2.75) is 83.9 Å². The van der Waals surface area contributed by atoms with E-state index in [0.717, 1.165) is 51.4 Å². The molecule has 0 N–H and O–H groups in total. The minimum Gasteiger partial charge on any atom is -0.263 e. The van der Waals surface area contributed by atoms with Gasteiger partial charge in [-0.05, 0) is 75.6 Å². The van der Waals surface area contributed by atoms with E-state index in [0.29, 0.717) is 10.5 Å². The van der Waals surface area contributed by atoms with Crippen molar-refractivity contribution >= 4 is 32.0 Å². The van der Waals surface area contributed by atoms with Crippen LogP contribution < -0.4 is 0 Å². The second kappa shape index (κ2) is 10.9. The van der Waals surface area contributed by atoms with Gasteiger partial charge >= 0.3 is 0 Å². The SMILES string of the molecule is O=S(=O)(OC1CCC(SC2CCC(OS(=O)(=O)c3ccccc3)CC2)CC1)c1ccccc1. The lowest BCUT2D eigenvalue weighted by Gasteiger charge is -2.33. The smallest absolute Gasteiger partial charge is 0.263 e. The number of benzene rings is 2. The Morgan fingerprint density at radius 2 is 0.879 bits per heavy atom. The Kier molecular flexibility index (Phi) is 8.17. The Hall–Kier alpha value is -1.39. The van der Waals surface area contributed by atoms with Crippen LogP contribution in [0.1, 0.15) is 51.4 Å². The first-order chi connectivity index (χ1) is 15.8. The molecule has 2 fully saturated rings. The Morgan fingerprint density at radius 3 is 1.21 bits per heavy atom. The second-order valence-corrected chi connectivity index (χ2v) is 13.4. The van der Waals surface area contributed by atoms with E-state index in [4.69, 9.17) is 8.37 Å². The maximum absolute atomic E-state index is 12.4. The molecule has 0 bridgehead atoms. The van der Waals surface area contributed by atoms with E-state index < -0.39 is 20.2 Å². The second-order valence-electron chi connectivity index (χ2n) is 8.66. The fourth-order valence-electron chi connectivity index (χ4n) is 4.45. The first-order valence-corrected chi connectivity index (χ1v) is 15.2. The maximum atomic E-state index is 12.4. The molecule has 2 aromatic rings. The van der Waals surface area contributed by atoms with Crippen molar-refractivity contribution in [3.63, 3.8) is 0 Å². The zero-order chi connectivity index (χ0) is 23.3. The van der Waals surface area contributed by atoms with Crippen LogP contribution in [0.15, 0.2) is 70.5 Å². The van der Waals surface area contributed by atoms with Crippen LogP contribution in [0.4, 0.5) is 0 Å². The molecule has 0 unspecified atom stereocenters. The summed E-state index contributed by atoms with van der Waals surface area (Å²) in [4.78, 5) is 0.407. The lowest BCUT2D eigenvalue weighted by Crippen LogP contribution is -2.29. The number of rotatable bonds is 8. The van der Waals surface area contributed by atoms with Crippen LogP contribution in [-0.2, 0) is 28.6 Å². The van der Waals surface area contributed by atoms with Gasteiger partial charge in [-0.3, -0.25) is 8.37 Å². The highest BCUT2D eigenvalue weighted by atomic mass is 32.2. The van der Waals surface area contributed by atoms with Gasteiger partial charge in [0.2, 0.25) is 0 Å². The number of thioether (sulfide) groups is 1. The first-order valence-electron chi connectivity index (χ1n) is 11.4. The Labute approximate surface area is 201 Å². The van der Waals surface area contributed by atoms with Crippen molar-refractivity contribution < 1.29 is 25.2 Å². The molecule has 6 nitrogen and oxygen atoms in total. The standard InChI is InChI=1S/C24H30O6S3/c25-32(26,23-7-3-1-4-8-23)29-19-11-15-21(16-12-19)31-22-17-13-20(14-18-22)30-33(27,28)24-9-5-2-6-10-24/h1-10,19-22H,11-18H2. The molecular weight excluding hydrogens is 480 g/mol. The van der Waals surface area contributed by atoms with Crippen LogP contribution >= 0.6 is 11.8 Å². The third kappa shape index (κ3) is 6.82. The fraction of sp³-hybridized carbons (Fsp3) is 0.500. The van der Waals surface area contributed by atoms with Gasteiger partial charge in [0.25, 0.3) is 20.2 Å². The van der Waals surface area contributed by atoms with E-state index in [2.05, 4.69) is 0 Å². The van der Waals surface area contributed by atoms with Crippen LogP contribution in [0.2, 0.25) is 0 Å². The summed E-state index contributed by atoms with van der Waals surface area (Å²) < 4.78 is 60.7. The lowest BCUT2D eigenvalue weighted by molar-refractivity contribution is 0.161. The summed E-state index contributed by atoms with van der Waals surface area (Å²) in [5, 5.41) is 0.972. The molecule has 33 heavy (non-hydrogen) atoms. The summed E-state index contributed by atoms with van der Waals surface area (Å²) in [5.41, 5.74) is 0. The Morgan fingerprint density at radius 1 is 0.545 bits per heavy atom. The monoisotopic (exact) mass is 510 g/mol. The molecule has 2 aromatic carbocycles. The molecule has 4 rings (SSSR count). The third-order valence-corrected chi connectivity index (χ3v) is 10.7. The number of hydrogen-bond acceptors (Lipinski definition) is 7. The fourth-order valence-corrected chi connectivity index (χ4v) is 8.38. The topological polar surface area (TPSA) is 86.7 Å². The first kappa shape index (κ1) is 24.7. The van der Waals surface area contributed by atoms with Crippen molar-refractivity contribution in [2.24, 2.45) is 0 Å². The van der Waals surface area contributed by atoms with Crippen LogP contribution in [-0.4, -0.2) is 39.5 Å². The van der Waals surface area contributed by atoms with Gasteiger partial charge in [0.05, 0.1) is 22.0 Å². The quantitative estimate of drug-likeness (QED) is 0.454. The summed E-state index contributed by atoms with van der Waals surface area (Å²) in [5.74, 6) is 0. The van der Waals surface area contributed by atoms with E-state index in [1.54, 1.807) is 60.7 Å². The molecule has 9 heteroatoms. The lowest BCUT2D eigenvalue weighted by atomic mass is 9.97. The predicted octanol–water partition coefficient (Wildman–Crippen LogP) is 5.15. The molecule has 0 heterocycles. The molecule has 2 saturated carbocycles. The minimum atomic E-state index is -3.72. The molecule has 0 spiro atoms. The van der Waals surface area contributed by atoms with E-state index in [1.807, 2.05) is 11.8 Å². The highest BCUT2D eigenvalue weighted by molar-refractivity contribution is 8.00. The van der Waals surface area contributed by atoms with Crippen molar-refractivity contribution in [3.05, 3.63) is 60.7 Å². The van der Waals surface area contributed by atoms with E-state index in [9.17, 15) is 16.8 Å². The van der Waals surface area contributed by atoms with Crippen LogP contribution in [0.3, 0.4) is 0 Å². The summed E-state index contributed by atoms with van der Waals surface area (Å²) >= 11 is 1.96. The van der Waals surface area contributed by atoms with Gasteiger partial charge in [0, 0.05) is 10.5 Å². The molecule has 0 amide bonds. The third-order valence-electron chi connectivity index (χ3n) is 6.22. The van der Waals surface area contributed by atoms with Gasteiger partial charge in [-0.15, -0.1) is 0 Å². The van der Waals surface area contributed by atoms with E-state index in [-0.39, 0.29) is 22.0 Å². The molecule has 0 aliphatic heterocycles. The molecule has 0 saturated heterocycles. The Balaban J connectivity index is 1.19. The summed E-state index contributed by atoms with van der Waals surface area (Å²) in [6.45, 7) is 0.